The van der Waals surface area contributed by atoms with E-state index in [0.717, 1.165) is 0 Å². The van der Waals surface area contributed by atoms with Crippen molar-refractivity contribution < 1.29 is 19.1 Å². The normalized spacial score (nSPS) is 18.4. The SMILES string of the molecule is CCC(C)OP(=O)(O)C(O)c1ccc(Cl)cc1. The van der Waals surface area contributed by atoms with E-state index in [2.05, 4.69) is 0 Å². The maximum atomic E-state index is 11.8. The number of aliphatic hydroxyl groups excluding tert-OH is 1. The molecule has 0 spiro atoms. The molecule has 3 atom stereocenters. The molecule has 0 radical (unpaired) electrons. The summed E-state index contributed by atoms with van der Waals surface area (Å²) in [5.41, 5.74) is 0.309. The van der Waals surface area contributed by atoms with Gasteiger partial charge in [-0.2, -0.15) is 0 Å². The maximum Gasteiger partial charge on any atom is 0.361 e. The predicted octanol–water partition coefficient (Wildman–Crippen LogP) is 3.33. The number of hydrogen-bond acceptors (Lipinski definition) is 3. The van der Waals surface area contributed by atoms with Crippen LogP contribution in [0.2, 0.25) is 5.02 Å². The minimum Gasteiger partial charge on any atom is -0.376 e. The van der Waals surface area contributed by atoms with Crippen molar-refractivity contribution in [2.24, 2.45) is 0 Å². The fourth-order valence-electron chi connectivity index (χ4n) is 1.21. The third-order valence-electron chi connectivity index (χ3n) is 2.38. The molecule has 1 aromatic rings. The van der Waals surface area contributed by atoms with E-state index in [1.807, 2.05) is 6.92 Å². The van der Waals surface area contributed by atoms with Crippen LogP contribution in [-0.4, -0.2) is 16.1 Å². The van der Waals surface area contributed by atoms with E-state index in [1.54, 1.807) is 19.1 Å². The van der Waals surface area contributed by atoms with E-state index in [9.17, 15) is 14.6 Å². The quantitative estimate of drug-likeness (QED) is 0.811. The number of rotatable bonds is 5. The molecule has 1 aromatic carbocycles. The van der Waals surface area contributed by atoms with E-state index in [0.29, 0.717) is 17.0 Å². The van der Waals surface area contributed by atoms with Crippen LogP contribution in [0.4, 0.5) is 0 Å². The summed E-state index contributed by atoms with van der Waals surface area (Å²) < 4.78 is 16.8. The van der Waals surface area contributed by atoms with E-state index in [4.69, 9.17) is 16.1 Å². The van der Waals surface area contributed by atoms with E-state index in [-0.39, 0.29) is 6.10 Å². The molecule has 0 aromatic heterocycles. The van der Waals surface area contributed by atoms with Crippen LogP contribution in [0, 0.1) is 0 Å². The van der Waals surface area contributed by atoms with Gasteiger partial charge in [0.05, 0.1) is 6.10 Å². The second-order valence-electron chi connectivity index (χ2n) is 3.81. The molecule has 0 saturated heterocycles. The monoisotopic (exact) mass is 278 g/mol. The Morgan fingerprint density at radius 1 is 1.41 bits per heavy atom. The lowest BCUT2D eigenvalue weighted by molar-refractivity contribution is 0.137. The van der Waals surface area contributed by atoms with Crippen LogP contribution in [0.15, 0.2) is 24.3 Å². The molecule has 0 aliphatic rings. The fourth-order valence-corrected chi connectivity index (χ4v) is 2.67. The molecule has 17 heavy (non-hydrogen) atoms. The Balaban J connectivity index is 2.84. The van der Waals surface area contributed by atoms with Crippen LogP contribution in [0.3, 0.4) is 0 Å². The van der Waals surface area contributed by atoms with Crippen LogP contribution >= 0.6 is 19.2 Å². The first-order valence-corrected chi connectivity index (χ1v) is 7.33. The summed E-state index contributed by atoms with van der Waals surface area (Å²) in [4.78, 5) is 9.66. The molecule has 0 amide bonds. The molecule has 0 heterocycles. The molecular weight excluding hydrogens is 263 g/mol. The number of hydrogen-bond donors (Lipinski definition) is 2. The standard InChI is InChI=1S/C11H16ClO4P/c1-3-8(2)16-17(14,15)11(13)9-4-6-10(12)7-5-9/h4-8,11,13H,3H2,1-2H3,(H,14,15). The van der Waals surface area contributed by atoms with Gasteiger partial charge in [0, 0.05) is 5.02 Å². The molecule has 0 bridgehead atoms. The highest BCUT2D eigenvalue weighted by atomic mass is 35.5. The van der Waals surface area contributed by atoms with Gasteiger partial charge in [0.25, 0.3) is 0 Å². The van der Waals surface area contributed by atoms with Crippen molar-refractivity contribution in [2.45, 2.75) is 32.2 Å². The van der Waals surface area contributed by atoms with Gasteiger partial charge in [0.15, 0.2) is 5.85 Å². The van der Waals surface area contributed by atoms with E-state index < -0.39 is 13.4 Å². The van der Waals surface area contributed by atoms with Gasteiger partial charge in [-0.05, 0) is 31.0 Å². The van der Waals surface area contributed by atoms with Crippen molar-refractivity contribution >= 4 is 19.2 Å². The van der Waals surface area contributed by atoms with Crippen LogP contribution in [-0.2, 0) is 9.09 Å². The van der Waals surface area contributed by atoms with Gasteiger partial charge >= 0.3 is 7.60 Å². The van der Waals surface area contributed by atoms with Crippen molar-refractivity contribution in [1.82, 2.24) is 0 Å². The lowest BCUT2D eigenvalue weighted by atomic mass is 10.2. The average molecular weight is 279 g/mol. The Morgan fingerprint density at radius 2 is 1.94 bits per heavy atom. The zero-order chi connectivity index (χ0) is 13.1. The molecular formula is C11H16ClO4P. The Hall–Kier alpha value is -0.380. The first kappa shape index (κ1) is 14.7. The molecule has 1 rings (SSSR count). The smallest absolute Gasteiger partial charge is 0.361 e. The zero-order valence-corrected chi connectivity index (χ0v) is 11.4. The summed E-state index contributed by atoms with van der Waals surface area (Å²) in [6, 6.07) is 6.08. The van der Waals surface area contributed by atoms with Crippen molar-refractivity contribution in [3.63, 3.8) is 0 Å². The summed E-state index contributed by atoms with van der Waals surface area (Å²) >= 11 is 5.69. The molecule has 3 unspecified atom stereocenters. The second-order valence-corrected chi connectivity index (χ2v) is 6.08. The van der Waals surface area contributed by atoms with Crippen molar-refractivity contribution in [1.29, 1.82) is 0 Å². The highest BCUT2D eigenvalue weighted by Gasteiger charge is 2.33. The topological polar surface area (TPSA) is 66.8 Å². The lowest BCUT2D eigenvalue weighted by Gasteiger charge is -2.21. The molecule has 0 aliphatic heterocycles. The second kappa shape index (κ2) is 5.98. The molecule has 2 N–H and O–H groups in total. The van der Waals surface area contributed by atoms with Gasteiger partial charge in [-0.3, -0.25) is 4.57 Å². The van der Waals surface area contributed by atoms with Crippen LogP contribution < -0.4 is 0 Å². The predicted molar refractivity (Wildman–Crippen MR) is 67.1 cm³/mol. The largest absolute Gasteiger partial charge is 0.376 e. The summed E-state index contributed by atoms with van der Waals surface area (Å²) in [5, 5.41) is 10.3. The fraction of sp³-hybridized carbons (Fsp3) is 0.455. The summed E-state index contributed by atoms with van der Waals surface area (Å²) in [7, 11) is -4.08. The van der Waals surface area contributed by atoms with Crippen LogP contribution in [0.1, 0.15) is 31.7 Å². The van der Waals surface area contributed by atoms with Gasteiger partial charge in [-0.25, -0.2) is 0 Å². The first-order chi connectivity index (χ1) is 7.86. The third-order valence-corrected chi connectivity index (χ3v) is 4.21. The molecule has 4 nitrogen and oxygen atoms in total. The van der Waals surface area contributed by atoms with Crippen molar-refractivity contribution in [2.75, 3.05) is 0 Å². The van der Waals surface area contributed by atoms with E-state index >= 15 is 0 Å². The first-order valence-electron chi connectivity index (χ1n) is 5.31. The lowest BCUT2D eigenvalue weighted by Crippen LogP contribution is -2.09. The van der Waals surface area contributed by atoms with Crippen LogP contribution in [0.5, 0.6) is 0 Å². The Morgan fingerprint density at radius 3 is 2.41 bits per heavy atom. The maximum absolute atomic E-state index is 11.8. The zero-order valence-electron chi connectivity index (χ0n) is 9.71. The van der Waals surface area contributed by atoms with Gasteiger partial charge in [0.2, 0.25) is 0 Å². The number of halogens is 1. The summed E-state index contributed by atoms with van der Waals surface area (Å²) in [6.07, 6.45) is 0.213. The Labute approximate surface area is 106 Å². The minimum absolute atomic E-state index is 0.309. The van der Waals surface area contributed by atoms with Gasteiger partial charge < -0.3 is 14.5 Å². The number of benzene rings is 1. The van der Waals surface area contributed by atoms with Crippen molar-refractivity contribution in [3.05, 3.63) is 34.9 Å². The molecule has 6 heteroatoms. The Kier molecular flexibility index (Phi) is 5.17. The third kappa shape index (κ3) is 4.09. The average Bonchev–Trinajstić information content (AvgIpc) is 2.28. The Bertz CT molecular complexity index is 406. The number of aliphatic hydroxyl groups is 1. The van der Waals surface area contributed by atoms with Crippen LogP contribution in [0.25, 0.3) is 0 Å². The highest BCUT2D eigenvalue weighted by Crippen LogP contribution is 2.55. The summed E-state index contributed by atoms with van der Waals surface area (Å²) in [5.74, 6) is -1.55. The summed E-state index contributed by atoms with van der Waals surface area (Å²) in [6.45, 7) is 3.51. The van der Waals surface area contributed by atoms with Gasteiger partial charge in [0.1, 0.15) is 0 Å². The highest BCUT2D eigenvalue weighted by molar-refractivity contribution is 7.53. The minimum atomic E-state index is -4.08. The van der Waals surface area contributed by atoms with Gasteiger partial charge in [-0.1, -0.05) is 30.7 Å². The van der Waals surface area contributed by atoms with E-state index in [1.165, 1.54) is 12.1 Å². The van der Waals surface area contributed by atoms with Crippen molar-refractivity contribution in [3.8, 4) is 0 Å². The van der Waals surface area contributed by atoms with Gasteiger partial charge in [-0.15, -0.1) is 0 Å². The molecule has 0 fully saturated rings. The molecule has 0 aliphatic carbocycles. The molecule has 96 valence electrons. The molecule has 0 saturated carbocycles.